The van der Waals surface area contributed by atoms with Crippen LogP contribution in [0, 0.1) is 0 Å². The van der Waals surface area contributed by atoms with Crippen LogP contribution in [0.1, 0.15) is 155 Å². The molecule has 0 radical (unpaired) electrons. The molecular formula is C32H64NO9P. The van der Waals surface area contributed by atoms with Crippen LogP contribution in [0.3, 0.4) is 0 Å². The summed E-state index contributed by atoms with van der Waals surface area (Å²) in [6, 6.07) is -1.46. The molecule has 0 aromatic carbocycles. The Balaban J connectivity index is 4.34. The van der Waals surface area contributed by atoms with E-state index < -0.39 is 45.1 Å². The summed E-state index contributed by atoms with van der Waals surface area (Å²) in [5.41, 5.74) is 5.31. The highest BCUT2D eigenvalue weighted by Gasteiger charge is 2.27. The maximum atomic E-state index is 12.5. The highest BCUT2D eigenvalue weighted by molar-refractivity contribution is 7.47. The van der Waals surface area contributed by atoms with E-state index in [0.29, 0.717) is 6.61 Å². The molecule has 0 fully saturated rings. The Morgan fingerprint density at radius 2 is 1.07 bits per heavy atom. The van der Waals surface area contributed by atoms with E-state index in [4.69, 9.17) is 24.8 Å². The first kappa shape index (κ1) is 42.0. The molecule has 0 rings (SSSR count). The van der Waals surface area contributed by atoms with Gasteiger partial charge in [-0.2, -0.15) is 0 Å². The van der Waals surface area contributed by atoms with Crippen LogP contribution >= 0.6 is 7.82 Å². The molecule has 0 heterocycles. The number of phosphoric ester groups is 1. The fourth-order valence-corrected chi connectivity index (χ4v) is 5.44. The van der Waals surface area contributed by atoms with Gasteiger partial charge < -0.3 is 25.2 Å². The van der Waals surface area contributed by atoms with Crippen LogP contribution in [0.25, 0.3) is 0 Å². The van der Waals surface area contributed by atoms with E-state index in [2.05, 4.69) is 18.4 Å². The molecule has 3 atom stereocenters. The number of carbonyl (C=O) groups is 2. The Morgan fingerprint density at radius 3 is 1.53 bits per heavy atom. The first-order chi connectivity index (χ1) is 20.7. The summed E-state index contributed by atoms with van der Waals surface area (Å²) in [6.07, 6.45) is 24.4. The molecule has 3 unspecified atom stereocenters. The van der Waals surface area contributed by atoms with Crippen molar-refractivity contribution in [3.63, 3.8) is 0 Å². The number of aliphatic carboxylic acids is 1. The quantitative estimate of drug-likeness (QED) is 0.0365. The maximum absolute atomic E-state index is 12.5. The highest BCUT2D eigenvalue weighted by atomic mass is 31.2. The number of carboxylic acid groups (broad SMARTS) is 1. The number of ether oxygens (including phenoxy) is 2. The van der Waals surface area contributed by atoms with Crippen molar-refractivity contribution in [3.05, 3.63) is 0 Å². The Kier molecular flexibility index (Phi) is 29.0. The van der Waals surface area contributed by atoms with Gasteiger partial charge in [0.2, 0.25) is 0 Å². The lowest BCUT2D eigenvalue weighted by Gasteiger charge is -2.20. The fraction of sp³-hybridized carbons (Fsp3) is 0.938. The van der Waals surface area contributed by atoms with Gasteiger partial charge in [0.15, 0.2) is 0 Å². The number of carbonyl (C=O) groups excluding carboxylic acids is 1. The zero-order valence-corrected chi connectivity index (χ0v) is 28.2. The van der Waals surface area contributed by atoms with Crippen molar-refractivity contribution >= 4 is 19.8 Å². The van der Waals surface area contributed by atoms with E-state index in [1.807, 2.05) is 0 Å². The number of hydrogen-bond donors (Lipinski definition) is 3. The van der Waals surface area contributed by atoms with Gasteiger partial charge in [0, 0.05) is 13.0 Å². The maximum Gasteiger partial charge on any atom is 0.472 e. The van der Waals surface area contributed by atoms with Crippen molar-refractivity contribution in [3.8, 4) is 0 Å². The summed E-state index contributed by atoms with van der Waals surface area (Å²) in [4.78, 5) is 33.2. The molecule has 0 bridgehead atoms. The van der Waals surface area contributed by atoms with E-state index in [-0.39, 0.29) is 13.0 Å². The molecule has 0 aromatic heterocycles. The molecule has 0 amide bonds. The smallest absolute Gasteiger partial charge is 0.472 e. The van der Waals surface area contributed by atoms with E-state index in [1.165, 1.54) is 96.3 Å². The van der Waals surface area contributed by atoms with E-state index in [0.717, 1.165) is 38.5 Å². The monoisotopic (exact) mass is 637 g/mol. The Labute approximate surface area is 261 Å². The molecule has 0 saturated heterocycles. The van der Waals surface area contributed by atoms with Crippen LogP contribution in [0.2, 0.25) is 0 Å². The fourth-order valence-electron chi connectivity index (χ4n) is 4.66. The zero-order valence-electron chi connectivity index (χ0n) is 27.3. The zero-order chi connectivity index (χ0) is 32.0. The van der Waals surface area contributed by atoms with Gasteiger partial charge in [-0.05, 0) is 12.8 Å². The van der Waals surface area contributed by atoms with Gasteiger partial charge >= 0.3 is 19.8 Å². The van der Waals surface area contributed by atoms with Crippen molar-refractivity contribution in [2.45, 2.75) is 167 Å². The van der Waals surface area contributed by atoms with E-state index >= 15 is 0 Å². The lowest BCUT2D eigenvalue weighted by atomic mass is 10.1. The van der Waals surface area contributed by atoms with Gasteiger partial charge in [0.05, 0.1) is 19.8 Å². The molecule has 10 nitrogen and oxygen atoms in total. The second-order valence-electron chi connectivity index (χ2n) is 11.7. The molecule has 11 heteroatoms. The summed E-state index contributed by atoms with van der Waals surface area (Å²) in [7, 11) is -4.59. The minimum absolute atomic E-state index is 0.0239. The molecule has 256 valence electrons. The minimum Gasteiger partial charge on any atom is -0.480 e. The van der Waals surface area contributed by atoms with Gasteiger partial charge in [-0.3, -0.25) is 18.6 Å². The van der Waals surface area contributed by atoms with Crippen molar-refractivity contribution in [2.24, 2.45) is 5.73 Å². The SMILES string of the molecule is CCCCCCCCCCCCCC(=O)OC(COCCCCCCCCCCCC)COP(=O)(O)OCC(N)C(=O)O. The number of phosphoric acid groups is 1. The second-order valence-corrected chi connectivity index (χ2v) is 13.1. The molecule has 4 N–H and O–H groups in total. The molecule has 0 aliphatic carbocycles. The lowest BCUT2D eigenvalue weighted by molar-refractivity contribution is -0.154. The standard InChI is InChI=1S/C32H64NO9P/c1-3-5-7-9-11-13-15-16-18-20-22-24-31(34)42-29(27-40-43(37,38)41-28-30(33)32(35)36)26-39-25-23-21-19-17-14-12-10-8-6-4-2/h29-30H,3-28,33H2,1-2H3,(H,35,36)(H,37,38). The molecule has 0 aromatic rings. The van der Waals surface area contributed by atoms with Crippen LogP contribution < -0.4 is 5.73 Å². The normalized spacial score (nSPS) is 14.3. The van der Waals surface area contributed by atoms with E-state index in [1.54, 1.807) is 0 Å². The van der Waals surface area contributed by atoms with Crippen molar-refractivity contribution in [1.29, 1.82) is 0 Å². The van der Waals surface area contributed by atoms with Gasteiger partial charge in [-0.1, -0.05) is 136 Å². The summed E-state index contributed by atoms with van der Waals surface area (Å²) in [5.74, 6) is -1.77. The predicted octanol–water partition coefficient (Wildman–Crippen LogP) is 8.08. The summed E-state index contributed by atoms with van der Waals surface area (Å²) < 4.78 is 33.0. The minimum atomic E-state index is -4.59. The van der Waals surface area contributed by atoms with Crippen molar-refractivity contribution in [1.82, 2.24) is 0 Å². The average Bonchev–Trinajstić information content (AvgIpc) is 2.97. The number of rotatable bonds is 33. The third-order valence-electron chi connectivity index (χ3n) is 7.39. The molecular weight excluding hydrogens is 573 g/mol. The van der Waals surface area contributed by atoms with Crippen molar-refractivity contribution < 1.29 is 42.7 Å². The molecule has 43 heavy (non-hydrogen) atoms. The molecule has 0 aliphatic rings. The third kappa shape index (κ3) is 29.4. The molecule has 0 spiro atoms. The van der Waals surface area contributed by atoms with Crippen LogP contribution in [0.5, 0.6) is 0 Å². The highest BCUT2D eigenvalue weighted by Crippen LogP contribution is 2.43. The van der Waals surface area contributed by atoms with E-state index in [9.17, 15) is 19.0 Å². The summed E-state index contributed by atoms with van der Waals surface area (Å²) in [5, 5.41) is 8.82. The first-order valence-corrected chi connectivity index (χ1v) is 18.6. The van der Waals surface area contributed by atoms with Crippen LogP contribution in [-0.2, 0) is 32.7 Å². The summed E-state index contributed by atoms with van der Waals surface area (Å²) >= 11 is 0. The molecule has 0 aliphatic heterocycles. The van der Waals surface area contributed by atoms with Gasteiger partial charge in [-0.15, -0.1) is 0 Å². The lowest BCUT2D eigenvalue weighted by Crippen LogP contribution is -2.34. The second kappa shape index (κ2) is 29.7. The molecule has 0 saturated carbocycles. The Hall–Kier alpha value is -1.03. The number of nitrogens with two attached hydrogens (primary N) is 1. The summed E-state index contributed by atoms with van der Waals surface area (Å²) in [6.45, 7) is 3.85. The topological polar surface area (TPSA) is 155 Å². The predicted molar refractivity (Wildman–Crippen MR) is 171 cm³/mol. The number of carboxylic acids is 1. The first-order valence-electron chi connectivity index (χ1n) is 17.1. The Bertz CT molecular complexity index is 710. The number of hydrogen-bond acceptors (Lipinski definition) is 8. The number of unbranched alkanes of at least 4 members (excludes halogenated alkanes) is 19. The Morgan fingerprint density at radius 1 is 0.651 bits per heavy atom. The van der Waals surface area contributed by atoms with Gasteiger partial charge in [-0.25, -0.2) is 4.57 Å². The average molecular weight is 638 g/mol. The van der Waals surface area contributed by atoms with Crippen LogP contribution in [0.15, 0.2) is 0 Å². The number of esters is 1. The van der Waals surface area contributed by atoms with Gasteiger partial charge in [0.25, 0.3) is 0 Å². The largest absolute Gasteiger partial charge is 0.480 e. The van der Waals surface area contributed by atoms with Crippen molar-refractivity contribution in [2.75, 3.05) is 26.4 Å². The van der Waals surface area contributed by atoms with Crippen LogP contribution in [-0.4, -0.2) is 60.5 Å². The van der Waals surface area contributed by atoms with Gasteiger partial charge in [0.1, 0.15) is 12.1 Å². The van der Waals surface area contributed by atoms with Crippen LogP contribution in [0.4, 0.5) is 0 Å². The third-order valence-corrected chi connectivity index (χ3v) is 8.34.